The summed E-state index contributed by atoms with van der Waals surface area (Å²) in [6.45, 7) is 1.99. The smallest absolute Gasteiger partial charge is 0.355 e. The molecule has 26 heavy (non-hydrogen) atoms. The highest BCUT2D eigenvalue weighted by Gasteiger charge is 2.18. The Hall–Kier alpha value is -2.64. The number of benzene rings is 1. The molecule has 2 heterocycles. The lowest BCUT2D eigenvalue weighted by Crippen LogP contribution is -2.19. The van der Waals surface area contributed by atoms with Crippen LogP contribution >= 0.6 is 22.9 Å². The molecule has 0 radical (unpaired) electrons. The Morgan fingerprint density at radius 3 is 2.96 bits per heavy atom. The summed E-state index contributed by atoms with van der Waals surface area (Å²) in [4.78, 5) is 28.1. The Kier molecular flexibility index (Phi) is 5.70. The van der Waals surface area contributed by atoms with Crippen LogP contribution in [0, 0.1) is 0 Å². The van der Waals surface area contributed by atoms with Crippen molar-refractivity contribution in [2.24, 2.45) is 5.10 Å². The summed E-state index contributed by atoms with van der Waals surface area (Å²) in [6, 6.07) is 8.99. The number of nitrogens with zero attached hydrogens (tertiary/aromatic N) is 1. The molecule has 0 saturated carbocycles. The highest BCUT2D eigenvalue weighted by Crippen LogP contribution is 2.24. The Labute approximate surface area is 158 Å². The first-order valence-corrected chi connectivity index (χ1v) is 9.17. The number of fused-ring (bicyclic) bond motifs is 1. The lowest BCUT2D eigenvalue weighted by molar-refractivity contribution is -0.120. The van der Waals surface area contributed by atoms with Crippen LogP contribution in [-0.4, -0.2) is 29.7 Å². The van der Waals surface area contributed by atoms with E-state index in [4.69, 9.17) is 16.3 Å². The summed E-state index contributed by atoms with van der Waals surface area (Å²) in [5, 5.41) is 7.20. The highest BCUT2D eigenvalue weighted by atomic mass is 35.5. The van der Waals surface area contributed by atoms with Gasteiger partial charge >= 0.3 is 5.97 Å². The van der Waals surface area contributed by atoms with E-state index in [2.05, 4.69) is 15.5 Å². The van der Waals surface area contributed by atoms with Crippen LogP contribution in [0.5, 0.6) is 0 Å². The molecule has 1 aromatic carbocycles. The standard InChI is InChI=1S/C18H16ClN3O3S/c1-2-25-18(24)17-14(13-6-5-11(19)8-15(13)21-17)10-20-22-16(23)9-12-4-3-7-26-12/h3-8,10,21H,2,9H2,1H3,(H,22,23)/b20-10+. The average molecular weight is 390 g/mol. The van der Waals surface area contributed by atoms with Crippen molar-refractivity contribution in [1.29, 1.82) is 0 Å². The Bertz CT molecular complexity index is 964. The number of carbonyl (C=O) groups excluding carboxylic acids is 2. The normalized spacial score (nSPS) is 11.2. The van der Waals surface area contributed by atoms with Gasteiger partial charge in [-0.05, 0) is 30.5 Å². The number of esters is 1. The number of hydrogen-bond acceptors (Lipinski definition) is 5. The Morgan fingerprint density at radius 2 is 2.23 bits per heavy atom. The predicted octanol–water partition coefficient (Wildman–Crippen LogP) is 3.75. The van der Waals surface area contributed by atoms with E-state index < -0.39 is 5.97 Å². The maximum absolute atomic E-state index is 12.2. The summed E-state index contributed by atoms with van der Waals surface area (Å²) in [5.41, 5.74) is 3.96. The van der Waals surface area contributed by atoms with Crippen LogP contribution in [0.2, 0.25) is 5.02 Å². The van der Waals surface area contributed by atoms with Gasteiger partial charge in [0.15, 0.2) is 0 Å². The van der Waals surface area contributed by atoms with Crippen LogP contribution in [0.15, 0.2) is 40.8 Å². The van der Waals surface area contributed by atoms with Gasteiger partial charge in [-0.2, -0.15) is 5.10 Å². The molecule has 2 aromatic heterocycles. The molecule has 134 valence electrons. The van der Waals surface area contributed by atoms with E-state index >= 15 is 0 Å². The third-order valence-corrected chi connectivity index (χ3v) is 4.69. The summed E-state index contributed by atoms with van der Waals surface area (Å²) >= 11 is 7.51. The number of hydrazone groups is 1. The lowest BCUT2D eigenvalue weighted by atomic mass is 10.1. The number of aromatic nitrogens is 1. The molecule has 0 fully saturated rings. The summed E-state index contributed by atoms with van der Waals surface area (Å²) in [7, 11) is 0. The number of H-pyrrole nitrogens is 1. The molecule has 3 rings (SSSR count). The van der Waals surface area contributed by atoms with E-state index in [1.165, 1.54) is 17.6 Å². The zero-order valence-electron chi connectivity index (χ0n) is 13.9. The molecule has 1 amide bonds. The second-order valence-corrected chi connectivity index (χ2v) is 6.84. The number of ether oxygens (including phenoxy) is 1. The Balaban J connectivity index is 1.83. The van der Waals surface area contributed by atoms with Gasteiger partial charge in [0.1, 0.15) is 5.69 Å². The van der Waals surface area contributed by atoms with Crippen LogP contribution in [-0.2, 0) is 16.0 Å². The van der Waals surface area contributed by atoms with Gasteiger partial charge in [-0.25, -0.2) is 10.2 Å². The summed E-state index contributed by atoms with van der Waals surface area (Å²) in [6.07, 6.45) is 1.69. The quantitative estimate of drug-likeness (QED) is 0.382. The largest absolute Gasteiger partial charge is 0.461 e. The molecule has 0 spiro atoms. The number of halogens is 1. The van der Waals surface area contributed by atoms with Gasteiger partial charge in [-0.15, -0.1) is 11.3 Å². The minimum absolute atomic E-state index is 0.232. The lowest BCUT2D eigenvalue weighted by Gasteiger charge is -2.01. The maximum atomic E-state index is 12.2. The number of rotatable bonds is 6. The fourth-order valence-corrected chi connectivity index (χ4v) is 3.35. The van der Waals surface area contributed by atoms with Crippen LogP contribution in [0.3, 0.4) is 0 Å². The van der Waals surface area contributed by atoms with Gasteiger partial charge in [0.05, 0.1) is 19.2 Å². The molecule has 6 nitrogen and oxygen atoms in total. The van der Waals surface area contributed by atoms with Crippen molar-refractivity contribution in [1.82, 2.24) is 10.4 Å². The number of nitrogens with one attached hydrogen (secondary N) is 2. The van der Waals surface area contributed by atoms with E-state index in [0.717, 1.165) is 10.3 Å². The van der Waals surface area contributed by atoms with Crippen molar-refractivity contribution in [3.63, 3.8) is 0 Å². The molecule has 0 atom stereocenters. The summed E-state index contributed by atoms with van der Waals surface area (Å²) in [5.74, 6) is -0.726. The fraction of sp³-hybridized carbons (Fsp3) is 0.167. The van der Waals surface area contributed by atoms with E-state index in [-0.39, 0.29) is 24.6 Å². The number of carbonyl (C=O) groups is 2. The average Bonchev–Trinajstić information content (AvgIpc) is 3.22. The van der Waals surface area contributed by atoms with Crippen LogP contribution in [0.4, 0.5) is 0 Å². The van der Waals surface area contributed by atoms with Crippen molar-refractivity contribution in [3.8, 4) is 0 Å². The third-order valence-electron chi connectivity index (χ3n) is 3.58. The first-order chi connectivity index (χ1) is 12.6. The molecule has 0 bridgehead atoms. The van der Waals surface area contributed by atoms with Gasteiger partial charge in [0, 0.05) is 26.4 Å². The van der Waals surface area contributed by atoms with Gasteiger partial charge in [-0.1, -0.05) is 23.7 Å². The van der Waals surface area contributed by atoms with Gasteiger partial charge < -0.3 is 9.72 Å². The number of aromatic amines is 1. The van der Waals surface area contributed by atoms with Crippen molar-refractivity contribution in [2.75, 3.05) is 6.61 Å². The second-order valence-electron chi connectivity index (χ2n) is 5.37. The van der Waals surface area contributed by atoms with E-state index in [9.17, 15) is 9.59 Å². The maximum Gasteiger partial charge on any atom is 0.355 e. The minimum atomic E-state index is -0.494. The summed E-state index contributed by atoms with van der Waals surface area (Å²) < 4.78 is 5.08. The number of hydrogen-bond donors (Lipinski definition) is 2. The van der Waals surface area contributed by atoms with Crippen molar-refractivity contribution >= 4 is 51.9 Å². The molecule has 3 aromatic rings. The van der Waals surface area contributed by atoms with Crippen LogP contribution in [0.25, 0.3) is 10.9 Å². The molecule has 0 saturated heterocycles. The molecule has 0 aliphatic heterocycles. The third kappa shape index (κ3) is 4.12. The molecular formula is C18H16ClN3O3S. The molecular weight excluding hydrogens is 374 g/mol. The molecule has 8 heteroatoms. The zero-order valence-corrected chi connectivity index (χ0v) is 15.5. The van der Waals surface area contributed by atoms with Crippen molar-refractivity contribution < 1.29 is 14.3 Å². The van der Waals surface area contributed by atoms with Gasteiger partial charge in [-0.3, -0.25) is 4.79 Å². The first-order valence-electron chi connectivity index (χ1n) is 7.91. The Morgan fingerprint density at radius 1 is 1.38 bits per heavy atom. The van der Waals surface area contributed by atoms with Crippen LogP contribution < -0.4 is 5.43 Å². The highest BCUT2D eigenvalue weighted by molar-refractivity contribution is 7.10. The minimum Gasteiger partial charge on any atom is -0.461 e. The molecule has 0 unspecified atom stereocenters. The zero-order chi connectivity index (χ0) is 18.5. The second kappa shape index (κ2) is 8.16. The number of amides is 1. The monoisotopic (exact) mass is 389 g/mol. The van der Waals surface area contributed by atoms with Crippen molar-refractivity contribution in [3.05, 3.63) is 56.9 Å². The molecule has 0 aliphatic carbocycles. The van der Waals surface area contributed by atoms with E-state index in [1.54, 1.807) is 25.1 Å². The molecule has 2 N–H and O–H groups in total. The van der Waals surface area contributed by atoms with E-state index in [0.29, 0.717) is 16.1 Å². The predicted molar refractivity (Wildman–Crippen MR) is 103 cm³/mol. The van der Waals surface area contributed by atoms with Gasteiger partial charge in [0.25, 0.3) is 0 Å². The topological polar surface area (TPSA) is 83.6 Å². The van der Waals surface area contributed by atoms with Crippen LogP contribution in [0.1, 0.15) is 27.9 Å². The van der Waals surface area contributed by atoms with Gasteiger partial charge in [0.2, 0.25) is 5.91 Å². The fourth-order valence-electron chi connectivity index (χ4n) is 2.47. The van der Waals surface area contributed by atoms with E-state index in [1.807, 2.05) is 17.5 Å². The molecule has 0 aliphatic rings. The SMILES string of the molecule is CCOC(=O)c1[nH]c2cc(Cl)ccc2c1/C=N/NC(=O)Cc1cccs1. The first kappa shape index (κ1) is 18.2. The number of thiophene rings is 1. The van der Waals surface area contributed by atoms with Crippen molar-refractivity contribution in [2.45, 2.75) is 13.3 Å².